The smallest absolute Gasteiger partial charge is 0.339 e. The van der Waals surface area contributed by atoms with Crippen LogP contribution in [-0.4, -0.2) is 41.3 Å². The van der Waals surface area contributed by atoms with E-state index in [1.807, 2.05) is 6.92 Å². The monoisotopic (exact) mass is 316 g/mol. The van der Waals surface area contributed by atoms with Crippen molar-refractivity contribution in [3.63, 3.8) is 0 Å². The number of methoxy groups -OCH3 is 1. The van der Waals surface area contributed by atoms with Crippen LogP contribution in [0.3, 0.4) is 0 Å². The highest BCUT2D eigenvalue weighted by molar-refractivity contribution is 7.89. The van der Waals surface area contributed by atoms with E-state index in [2.05, 4.69) is 9.46 Å². The van der Waals surface area contributed by atoms with Gasteiger partial charge in [-0.25, -0.2) is 17.9 Å². The van der Waals surface area contributed by atoms with Crippen LogP contribution < -0.4 is 10.5 Å². The zero-order chi connectivity index (χ0) is 15.9. The van der Waals surface area contributed by atoms with Crippen molar-refractivity contribution in [3.05, 3.63) is 23.8 Å². The summed E-state index contributed by atoms with van der Waals surface area (Å²) in [6.45, 7) is 3.10. The van der Waals surface area contributed by atoms with Gasteiger partial charge in [0, 0.05) is 25.4 Å². The maximum absolute atomic E-state index is 12.2. The molecule has 1 rings (SSSR count). The molecule has 1 aromatic carbocycles. The molecule has 0 spiro atoms. The Labute approximate surface area is 124 Å². The fraction of sp³-hybridized carbons (Fsp3) is 0.462. The molecule has 0 saturated carbocycles. The lowest BCUT2D eigenvalue weighted by atomic mass is 10.2. The number of benzene rings is 1. The van der Waals surface area contributed by atoms with Crippen molar-refractivity contribution in [2.24, 2.45) is 0 Å². The van der Waals surface area contributed by atoms with Gasteiger partial charge in [0.1, 0.15) is 0 Å². The third-order valence-corrected chi connectivity index (χ3v) is 4.16. The van der Waals surface area contributed by atoms with Crippen LogP contribution >= 0.6 is 0 Å². The molecule has 0 bridgehead atoms. The maximum atomic E-state index is 12.2. The first-order valence-electron chi connectivity index (χ1n) is 6.47. The first-order chi connectivity index (χ1) is 9.92. The molecule has 0 aliphatic rings. The SMILES string of the molecule is CCOCCCNS(=O)(=O)c1cc(N)ccc1C(=O)OC. The van der Waals surface area contributed by atoms with Gasteiger partial charge in [-0.05, 0) is 31.5 Å². The number of carbonyl (C=O) groups excluding carboxylic acids is 1. The number of sulfonamides is 1. The van der Waals surface area contributed by atoms with E-state index in [1.165, 1.54) is 25.3 Å². The summed E-state index contributed by atoms with van der Waals surface area (Å²) in [6.07, 6.45) is 0.531. The van der Waals surface area contributed by atoms with Crippen molar-refractivity contribution in [1.29, 1.82) is 0 Å². The molecule has 3 N–H and O–H groups in total. The third-order valence-electron chi connectivity index (χ3n) is 2.66. The number of anilines is 1. The molecule has 21 heavy (non-hydrogen) atoms. The summed E-state index contributed by atoms with van der Waals surface area (Å²) in [5.41, 5.74) is 5.79. The summed E-state index contributed by atoms with van der Waals surface area (Å²) in [4.78, 5) is 11.4. The lowest BCUT2D eigenvalue weighted by Crippen LogP contribution is -2.27. The summed E-state index contributed by atoms with van der Waals surface area (Å²) in [5, 5.41) is 0. The lowest BCUT2D eigenvalue weighted by molar-refractivity contribution is 0.0596. The molecule has 118 valence electrons. The van der Waals surface area contributed by atoms with Gasteiger partial charge < -0.3 is 15.2 Å². The molecule has 0 atom stereocenters. The van der Waals surface area contributed by atoms with E-state index in [1.54, 1.807) is 0 Å². The van der Waals surface area contributed by atoms with E-state index in [4.69, 9.17) is 10.5 Å². The summed E-state index contributed by atoms with van der Waals surface area (Å²) in [6, 6.07) is 4.01. The molecule has 0 radical (unpaired) electrons. The number of nitrogens with one attached hydrogen (secondary N) is 1. The van der Waals surface area contributed by atoms with Crippen LogP contribution in [0.15, 0.2) is 23.1 Å². The molecule has 0 fully saturated rings. The van der Waals surface area contributed by atoms with Crippen molar-refractivity contribution in [1.82, 2.24) is 4.72 Å². The molecule has 0 amide bonds. The normalized spacial score (nSPS) is 11.3. The Morgan fingerprint density at radius 3 is 2.71 bits per heavy atom. The minimum absolute atomic E-state index is 0.0518. The van der Waals surface area contributed by atoms with Crippen molar-refractivity contribution in [2.45, 2.75) is 18.2 Å². The predicted octanol–water partition coefficient (Wildman–Crippen LogP) is 0.760. The molecule has 0 aromatic heterocycles. The van der Waals surface area contributed by atoms with E-state index in [9.17, 15) is 13.2 Å². The fourth-order valence-corrected chi connectivity index (χ4v) is 2.94. The minimum Gasteiger partial charge on any atom is -0.465 e. The summed E-state index contributed by atoms with van der Waals surface area (Å²) in [5.74, 6) is -0.732. The van der Waals surface area contributed by atoms with Crippen molar-refractivity contribution in [2.75, 3.05) is 32.6 Å². The number of ether oxygens (including phenoxy) is 2. The number of esters is 1. The second kappa shape index (κ2) is 7.96. The van der Waals surface area contributed by atoms with E-state index >= 15 is 0 Å². The largest absolute Gasteiger partial charge is 0.465 e. The zero-order valence-corrected chi connectivity index (χ0v) is 12.9. The van der Waals surface area contributed by atoms with Gasteiger partial charge >= 0.3 is 5.97 Å². The van der Waals surface area contributed by atoms with Gasteiger partial charge in [-0.2, -0.15) is 0 Å². The van der Waals surface area contributed by atoms with E-state index < -0.39 is 16.0 Å². The van der Waals surface area contributed by atoms with Crippen molar-refractivity contribution < 1.29 is 22.7 Å². The van der Waals surface area contributed by atoms with E-state index in [0.717, 1.165) is 0 Å². The van der Waals surface area contributed by atoms with Crippen molar-refractivity contribution >= 4 is 21.7 Å². The number of rotatable bonds is 8. The van der Waals surface area contributed by atoms with Crippen LogP contribution in [0.25, 0.3) is 0 Å². The van der Waals surface area contributed by atoms with E-state index in [-0.39, 0.29) is 22.7 Å². The third kappa shape index (κ3) is 5.00. The molecular weight excluding hydrogens is 296 g/mol. The van der Waals surface area contributed by atoms with E-state index in [0.29, 0.717) is 19.6 Å². The van der Waals surface area contributed by atoms with Gasteiger partial charge in [0.15, 0.2) is 0 Å². The molecule has 7 nitrogen and oxygen atoms in total. The van der Waals surface area contributed by atoms with Crippen LogP contribution in [0, 0.1) is 0 Å². The van der Waals surface area contributed by atoms with Crippen LogP contribution in [0.1, 0.15) is 23.7 Å². The van der Waals surface area contributed by atoms with Crippen LogP contribution in [0.4, 0.5) is 5.69 Å². The first-order valence-corrected chi connectivity index (χ1v) is 7.96. The van der Waals surface area contributed by atoms with Crippen molar-refractivity contribution in [3.8, 4) is 0 Å². The Morgan fingerprint density at radius 2 is 2.10 bits per heavy atom. The molecule has 0 aliphatic carbocycles. The van der Waals surface area contributed by atoms with Gasteiger partial charge in [-0.3, -0.25) is 0 Å². The average Bonchev–Trinajstić information content (AvgIpc) is 2.46. The topological polar surface area (TPSA) is 108 Å². The number of hydrogen-bond donors (Lipinski definition) is 2. The Morgan fingerprint density at radius 1 is 1.38 bits per heavy atom. The highest BCUT2D eigenvalue weighted by atomic mass is 32.2. The van der Waals surface area contributed by atoms with Crippen LogP contribution in [0.5, 0.6) is 0 Å². The number of carbonyl (C=O) groups is 1. The number of hydrogen-bond acceptors (Lipinski definition) is 6. The predicted molar refractivity (Wildman–Crippen MR) is 78.5 cm³/mol. The van der Waals surface area contributed by atoms with Gasteiger partial charge in [0.2, 0.25) is 10.0 Å². The Balaban J connectivity index is 2.91. The Hall–Kier alpha value is -1.64. The zero-order valence-electron chi connectivity index (χ0n) is 12.1. The molecule has 1 aromatic rings. The second-order valence-corrected chi connectivity index (χ2v) is 5.93. The summed E-state index contributed by atoms with van der Waals surface area (Å²) < 4.78 is 36.6. The van der Waals surface area contributed by atoms with Gasteiger partial charge in [-0.1, -0.05) is 0 Å². The molecule has 0 unspecified atom stereocenters. The number of nitrogens with two attached hydrogens (primary N) is 1. The number of nitrogen functional groups attached to an aromatic ring is 1. The summed E-state index contributed by atoms with van der Waals surface area (Å²) >= 11 is 0. The highest BCUT2D eigenvalue weighted by Crippen LogP contribution is 2.20. The Kier molecular flexibility index (Phi) is 6.60. The van der Waals surface area contributed by atoms with Gasteiger partial charge in [0.05, 0.1) is 17.6 Å². The van der Waals surface area contributed by atoms with Crippen LogP contribution in [0.2, 0.25) is 0 Å². The van der Waals surface area contributed by atoms with Gasteiger partial charge in [-0.15, -0.1) is 0 Å². The lowest BCUT2D eigenvalue weighted by Gasteiger charge is -2.11. The minimum atomic E-state index is -3.84. The second-order valence-electron chi connectivity index (χ2n) is 4.20. The molecule has 0 aliphatic heterocycles. The summed E-state index contributed by atoms with van der Waals surface area (Å²) in [7, 11) is -2.66. The Bertz CT molecular complexity index is 586. The molecule has 0 heterocycles. The highest BCUT2D eigenvalue weighted by Gasteiger charge is 2.23. The molecule has 0 saturated heterocycles. The average molecular weight is 316 g/mol. The van der Waals surface area contributed by atoms with Crippen LogP contribution in [-0.2, 0) is 19.5 Å². The first kappa shape index (κ1) is 17.4. The maximum Gasteiger partial charge on any atom is 0.339 e. The fourth-order valence-electron chi connectivity index (χ4n) is 1.64. The molecule has 8 heteroatoms. The van der Waals surface area contributed by atoms with Gasteiger partial charge in [0.25, 0.3) is 0 Å². The quantitative estimate of drug-likeness (QED) is 0.416. The standard InChI is InChI=1S/C13H20N2O5S/c1-3-20-8-4-7-15-21(17,18)12-9-10(14)5-6-11(12)13(16)19-2/h5-6,9,15H,3-4,7-8,14H2,1-2H3. The molecular formula is C13H20N2O5S.